The van der Waals surface area contributed by atoms with Crippen LogP contribution >= 0.6 is 15.9 Å². The SMILES string of the molecule is CCCc1ncc2c(n1)CCN(Cc1c[nH]c3cccc(Br)c13)C2. The number of H-pyrrole nitrogens is 1. The van der Waals surface area contributed by atoms with Gasteiger partial charge in [0.25, 0.3) is 0 Å². The first-order valence-electron chi connectivity index (χ1n) is 8.55. The van der Waals surface area contributed by atoms with Gasteiger partial charge in [-0.25, -0.2) is 9.97 Å². The molecule has 0 radical (unpaired) electrons. The molecule has 1 aromatic carbocycles. The van der Waals surface area contributed by atoms with E-state index in [1.807, 2.05) is 6.20 Å². The summed E-state index contributed by atoms with van der Waals surface area (Å²) in [4.78, 5) is 15.1. The van der Waals surface area contributed by atoms with Gasteiger partial charge in [-0.2, -0.15) is 0 Å². The van der Waals surface area contributed by atoms with Crippen molar-refractivity contribution in [3.8, 4) is 0 Å². The van der Waals surface area contributed by atoms with Gasteiger partial charge in [0.15, 0.2) is 0 Å². The maximum atomic E-state index is 4.75. The number of aryl methyl sites for hydroxylation is 1. The summed E-state index contributed by atoms with van der Waals surface area (Å²) in [5.41, 5.74) is 5.04. The molecule has 0 saturated heterocycles. The number of aromatic nitrogens is 3. The van der Waals surface area contributed by atoms with Crippen LogP contribution < -0.4 is 0 Å². The van der Waals surface area contributed by atoms with Crippen molar-refractivity contribution < 1.29 is 0 Å². The van der Waals surface area contributed by atoms with E-state index in [-0.39, 0.29) is 0 Å². The Morgan fingerprint density at radius 1 is 1.33 bits per heavy atom. The minimum absolute atomic E-state index is 0.929. The monoisotopic (exact) mass is 384 g/mol. The minimum atomic E-state index is 0.929. The molecular formula is C19H21BrN4. The third kappa shape index (κ3) is 2.98. The average Bonchev–Trinajstić information content (AvgIpc) is 3.00. The number of nitrogens with one attached hydrogen (secondary N) is 1. The summed E-state index contributed by atoms with van der Waals surface area (Å²) < 4.78 is 1.15. The van der Waals surface area contributed by atoms with E-state index in [0.29, 0.717) is 0 Å². The molecule has 0 saturated carbocycles. The fourth-order valence-corrected chi connectivity index (χ4v) is 4.09. The van der Waals surface area contributed by atoms with Crippen molar-refractivity contribution in [3.63, 3.8) is 0 Å². The number of nitrogens with zero attached hydrogens (tertiary/aromatic N) is 3. The summed E-state index contributed by atoms with van der Waals surface area (Å²) in [5, 5.41) is 1.29. The van der Waals surface area contributed by atoms with E-state index in [1.54, 1.807) is 0 Å². The lowest BCUT2D eigenvalue weighted by Crippen LogP contribution is -2.31. The zero-order valence-corrected chi connectivity index (χ0v) is 15.4. The number of halogens is 1. The van der Waals surface area contributed by atoms with Crippen LogP contribution in [0.4, 0.5) is 0 Å². The van der Waals surface area contributed by atoms with Crippen molar-refractivity contribution in [2.75, 3.05) is 6.54 Å². The molecule has 3 heterocycles. The number of benzene rings is 1. The van der Waals surface area contributed by atoms with E-state index in [0.717, 1.165) is 49.2 Å². The van der Waals surface area contributed by atoms with Gasteiger partial charge in [-0.1, -0.05) is 28.9 Å². The molecule has 24 heavy (non-hydrogen) atoms. The molecule has 5 heteroatoms. The highest BCUT2D eigenvalue weighted by Gasteiger charge is 2.20. The summed E-state index contributed by atoms with van der Waals surface area (Å²) >= 11 is 3.68. The van der Waals surface area contributed by atoms with Crippen molar-refractivity contribution in [3.05, 3.63) is 57.7 Å². The Kier molecular flexibility index (Phi) is 4.37. The number of hydrogen-bond donors (Lipinski definition) is 1. The molecule has 0 amide bonds. The molecule has 0 aliphatic carbocycles. The Balaban J connectivity index is 1.54. The molecule has 124 valence electrons. The normalized spacial score (nSPS) is 14.9. The first-order chi connectivity index (χ1) is 11.7. The topological polar surface area (TPSA) is 44.8 Å². The lowest BCUT2D eigenvalue weighted by Gasteiger charge is -2.28. The third-order valence-corrected chi connectivity index (χ3v) is 5.33. The summed E-state index contributed by atoms with van der Waals surface area (Å²) in [6, 6.07) is 6.29. The van der Waals surface area contributed by atoms with Gasteiger partial charge in [-0.3, -0.25) is 4.90 Å². The van der Waals surface area contributed by atoms with Gasteiger partial charge in [0.1, 0.15) is 5.82 Å². The van der Waals surface area contributed by atoms with Gasteiger partial charge < -0.3 is 4.98 Å². The predicted molar refractivity (Wildman–Crippen MR) is 99.8 cm³/mol. The molecule has 1 aliphatic heterocycles. The smallest absolute Gasteiger partial charge is 0.128 e. The van der Waals surface area contributed by atoms with Crippen LogP contribution in [0.15, 0.2) is 35.1 Å². The van der Waals surface area contributed by atoms with Crippen LogP contribution in [0.3, 0.4) is 0 Å². The molecule has 3 aromatic rings. The van der Waals surface area contributed by atoms with Crippen molar-refractivity contribution in [1.29, 1.82) is 0 Å². The Morgan fingerprint density at radius 2 is 2.25 bits per heavy atom. The lowest BCUT2D eigenvalue weighted by molar-refractivity contribution is 0.243. The van der Waals surface area contributed by atoms with Crippen LogP contribution in [-0.2, 0) is 25.9 Å². The van der Waals surface area contributed by atoms with E-state index in [2.05, 4.69) is 62.1 Å². The molecule has 0 atom stereocenters. The highest BCUT2D eigenvalue weighted by Crippen LogP contribution is 2.29. The van der Waals surface area contributed by atoms with Gasteiger partial charge >= 0.3 is 0 Å². The van der Waals surface area contributed by atoms with Crippen LogP contribution in [-0.4, -0.2) is 26.4 Å². The molecule has 0 unspecified atom stereocenters. The van der Waals surface area contributed by atoms with Gasteiger partial charge in [0, 0.05) is 71.5 Å². The maximum Gasteiger partial charge on any atom is 0.128 e. The summed E-state index contributed by atoms with van der Waals surface area (Å²) in [6.07, 6.45) is 7.25. The first-order valence-corrected chi connectivity index (χ1v) is 9.34. The second kappa shape index (κ2) is 6.65. The van der Waals surface area contributed by atoms with E-state index < -0.39 is 0 Å². The quantitative estimate of drug-likeness (QED) is 0.731. The fraction of sp³-hybridized carbons (Fsp3) is 0.368. The van der Waals surface area contributed by atoms with Crippen LogP contribution in [0.1, 0.15) is 36.0 Å². The Bertz CT molecular complexity index is 871. The average molecular weight is 385 g/mol. The lowest BCUT2D eigenvalue weighted by atomic mass is 10.1. The van der Waals surface area contributed by atoms with E-state index in [4.69, 9.17) is 4.98 Å². The molecule has 4 rings (SSSR count). The molecule has 0 spiro atoms. The highest BCUT2D eigenvalue weighted by atomic mass is 79.9. The van der Waals surface area contributed by atoms with E-state index in [1.165, 1.54) is 27.7 Å². The number of hydrogen-bond acceptors (Lipinski definition) is 3. The van der Waals surface area contributed by atoms with Crippen LogP contribution in [0, 0.1) is 0 Å². The second-order valence-corrected chi connectivity index (χ2v) is 7.30. The predicted octanol–water partition coefficient (Wildman–Crippen LogP) is 4.23. The van der Waals surface area contributed by atoms with Crippen molar-refractivity contribution in [2.45, 2.75) is 39.3 Å². The second-order valence-electron chi connectivity index (χ2n) is 6.45. The van der Waals surface area contributed by atoms with Gasteiger partial charge in [-0.05, 0) is 24.1 Å². The molecule has 2 aromatic heterocycles. The largest absolute Gasteiger partial charge is 0.361 e. The Hall–Kier alpha value is -1.72. The molecule has 4 nitrogen and oxygen atoms in total. The molecular weight excluding hydrogens is 364 g/mol. The Morgan fingerprint density at radius 3 is 3.12 bits per heavy atom. The number of fused-ring (bicyclic) bond motifs is 2. The molecule has 1 aliphatic rings. The Labute approximate surface area is 150 Å². The highest BCUT2D eigenvalue weighted by molar-refractivity contribution is 9.10. The van der Waals surface area contributed by atoms with Crippen LogP contribution in [0.5, 0.6) is 0 Å². The summed E-state index contributed by atoms with van der Waals surface area (Å²) in [7, 11) is 0. The summed E-state index contributed by atoms with van der Waals surface area (Å²) in [6.45, 7) is 5.09. The van der Waals surface area contributed by atoms with Gasteiger partial charge in [0.05, 0.1) is 0 Å². The molecule has 0 bridgehead atoms. The standard InChI is InChI=1S/C19H21BrN4/c1-2-4-18-22-9-13-11-24(8-7-16(13)23-18)12-14-10-21-17-6-3-5-15(20)19(14)17/h3,5-6,9-10,21H,2,4,7-8,11-12H2,1H3. The van der Waals surface area contributed by atoms with Crippen LogP contribution in [0.2, 0.25) is 0 Å². The zero-order valence-electron chi connectivity index (χ0n) is 13.8. The fourth-order valence-electron chi connectivity index (χ4n) is 3.47. The van der Waals surface area contributed by atoms with Crippen molar-refractivity contribution in [2.24, 2.45) is 0 Å². The first kappa shape index (κ1) is 15.8. The van der Waals surface area contributed by atoms with E-state index >= 15 is 0 Å². The van der Waals surface area contributed by atoms with Crippen molar-refractivity contribution in [1.82, 2.24) is 19.9 Å². The number of aromatic amines is 1. The van der Waals surface area contributed by atoms with Gasteiger partial charge in [0.2, 0.25) is 0 Å². The maximum absolute atomic E-state index is 4.75. The summed E-state index contributed by atoms with van der Waals surface area (Å²) in [5.74, 6) is 0.991. The van der Waals surface area contributed by atoms with Gasteiger partial charge in [-0.15, -0.1) is 0 Å². The number of rotatable bonds is 4. The van der Waals surface area contributed by atoms with E-state index in [9.17, 15) is 0 Å². The third-order valence-electron chi connectivity index (χ3n) is 4.67. The van der Waals surface area contributed by atoms with Crippen molar-refractivity contribution >= 4 is 26.8 Å². The van der Waals surface area contributed by atoms with Crippen LogP contribution in [0.25, 0.3) is 10.9 Å². The zero-order chi connectivity index (χ0) is 16.5. The molecule has 0 fully saturated rings. The molecule has 1 N–H and O–H groups in total. The minimum Gasteiger partial charge on any atom is -0.361 e.